The second-order valence-corrected chi connectivity index (χ2v) is 6.79. The average molecular weight is 314 g/mol. The van der Waals surface area contributed by atoms with Gasteiger partial charge < -0.3 is 10.1 Å². The van der Waals surface area contributed by atoms with Crippen LogP contribution < -0.4 is 5.32 Å². The predicted octanol–water partition coefficient (Wildman–Crippen LogP) is -0.0528. The standard InChI is InChI=1S/C9H16BrNO4S/c1-15-5-8(4-10)11-9(12)7-2-3-16(13,14)6-7/h7-8H,2-6H2,1H3,(H,11,12). The summed E-state index contributed by atoms with van der Waals surface area (Å²) in [6, 6.07) is -0.110. The van der Waals surface area contributed by atoms with Gasteiger partial charge in [-0.05, 0) is 6.42 Å². The summed E-state index contributed by atoms with van der Waals surface area (Å²) in [6.45, 7) is 0.413. The number of amides is 1. The molecule has 5 nitrogen and oxygen atoms in total. The number of alkyl halides is 1. The molecule has 0 aromatic heterocycles. The van der Waals surface area contributed by atoms with Gasteiger partial charge in [-0.2, -0.15) is 0 Å². The second kappa shape index (κ2) is 5.97. The summed E-state index contributed by atoms with van der Waals surface area (Å²) in [5, 5.41) is 3.36. The maximum absolute atomic E-state index is 11.7. The lowest BCUT2D eigenvalue weighted by Gasteiger charge is -2.17. The third kappa shape index (κ3) is 4.03. The van der Waals surface area contributed by atoms with Crippen molar-refractivity contribution in [3.05, 3.63) is 0 Å². The molecule has 0 aliphatic carbocycles. The van der Waals surface area contributed by atoms with Crippen molar-refractivity contribution in [2.75, 3.05) is 30.6 Å². The van der Waals surface area contributed by atoms with Crippen LogP contribution in [0.5, 0.6) is 0 Å². The van der Waals surface area contributed by atoms with E-state index in [4.69, 9.17) is 4.74 Å². The van der Waals surface area contributed by atoms with E-state index in [1.54, 1.807) is 7.11 Å². The molecule has 1 rings (SSSR count). The number of halogens is 1. The lowest BCUT2D eigenvalue weighted by Crippen LogP contribution is -2.42. The zero-order chi connectivity index (χ0) is 12.2. The number of rotatable bonds is 5. The van der Waals surface area contributed by atoms with Gasteiger partial charge in [0.2, 0.25) is 5.91 Å². The van der Waals surface area contributed by atoms with Crippen LogP contribution in [0.3, 0.4) is 0 Å². The van der Waals surface area contributed by atoms with Crippen LogP contribution in [0, 0.1) is 5.92 Å². The number of hydrogen-bond acceptors (Lipinski definition) is 4. The minimum absolute atomic E-state index is 0.0270. The fourth-order valence-corrected chi connectivity index (χ4v) is 3.74. The smallest absolute Gasteiger partial charge is 0.224 e. The van der Waals surface area contributed by atoms with E-state index in [0.717, 1.165) is 0 Å². The maximum Gasteiger partial charge on any atom is 0.224 e. The van der Waals surface area contributed by atoms with Crippen molar-refractivity contribution >= 4 is 31.7 Å². The third-order valence-corrected chi connectivity index (χ3v) is 5.05. The molecule has 16 heavy (non-hydrogen) atoms. The molecule has 0 radical (unpaired) electrons. The first-order valence-electron chi connectivity index (χ1n) is 5.04. The van der Waals surface area contributed by atoms with Crippen molar-refractivity contribution < 1.29 is 17.9 Å². The summed E-state index contributed by atoms with van der Waals surface area (Å²) >= 11 is 3.26. The largest absolute Gasteiger partial charge is 0.383 e. The number of carbonyl (C=O) groups excluding carboxylic acids is 1. The highest BCUT2D eigenvalue weighted by Gasteiger charge is 2.33. The molecule has 94 valence electrons. The van der Waals surface area contributed by atoms with Crippen molar-refractivity contribution in [3.63, 3.8) is 0 Å². The Kier molecular flexibility index (Phi) is 5.20. The highest BCUT2D eigenvalue weighted by Crippen LogP contribution is 2.18. The van der Waals surface area contributed by atoms with Gasteiger partial charge in [0.15, 0.2) is 9.84 Å². The molecule has 2 atom stereocenters. The minimum Gasteiger partial charge on any atom is -0.383 e. The maximum atomic E-state index is 11.7. The fraction of sp³-hybridized carbons (Fsp3) is 0.889. The summed E-state index contributed by atoms with van der Waals surface area (Å²) < 4.78 is 27.4. The van der Waals surface area contributed by atoms with Crippen molar-refractivity contribution in [1.82, 2.24) is 5.32 Å². The van der Waals surface area contributed by atoms with E-state index in [2.05, 4.69) is 21.2 Å². The Morgan fingerprint density at radius 2 is 2.31 bits per heavy atom. The van der Waals surface area contributed by atoms with Crippen LogP contribution in [0.1, 0.15) is 6.42 Å². The van der Waals surface area contributed by atoms with Gasteiger partial charge in [0, 0.05) is 12.4 Å². The number of methoxy groups -OCH3 is 1. The quantitative estimate of drug-likeness (QED) is 0.722. The first-order valence-corrected chi connectivity index (χ1v) is 7.98. The normalized spacial score (nSPS) is 25.2. The Morgan fingerprint density at radius 3 is 2.75 bits per heavy atom. The van der Waals surface area contributed by atoms with Crippen LogP contribution in [-0.2, 0) is 19.4 Å². The molecular weight excluding hydrogens is 298 g/mol. The monoisotopic (exact) mass is 313 g/mol. The Balaban J connectivity index is 2.46. The molecule has 1 fully saturated rings. The Labute approximate surface area is 104 Å². The van der Waals surface area contributed by atoms with Crippen LogP contribution in [-0.4, -0.2) is 50.9 Å². The van der Waals surface area contributed by atoms with E-state index in [-0.39, 0.29) is 23.5 Å². The van der Waals surface area contributed by atoms with E-state index in [1.165, 1.54) is 0 Å². The summed E-state index contributed by atoms with van der Waals surface area (Å²) in [5.74, 6) is -0.499. The van der Waals surface area contributed by atoms with E-state index in [1.807, 2.05) is 0 Å². The first-order chi connectivity index (χ1) is 7.48. The zero-order valence-corrected chi connectivity index (χ0v) is 11.5. The summed E-state index contributed by atoms with van der Waals surface area (Å²) in [7, 11) is -1.44. The highest BCUT2D eigenvalue weighted by atomic mass is 79.9. The SMILES string of the molecule is COCC(CBr)NC(=O)C1CCS(=O)(=O)C1. The van der Waals surface area contributed by atoms with Gasteiger partial charge in [0.1, 0.15) is 0 Å². The summed E-state index contributed by atoms with van der Waals surface area (Å²) in [5.41, 5.74) is 0. The molecule has 1 aliphatic heterocycles. The molecular formula is C9H16BrNO4S. The van der Waals surface area contributed by atoms with Crippen molar-refractivity contribution in [1.29, 1.82) is 0 Å². The lowest BCUT2D eigenvalue weighted by molar-refractivity contribution is -0.125. The van der Waals surface area contributed by atoms with Gasteiger partial charge in [-0.15, -0.1) is 0 Å². The molecule has 1 saturated heterocycles. The van der Waals surface area contributed by atoms with Gasteiger partial charge >= 0.3 is 0 Å². The molecule has 0 saturated carbocycles. The van der Waals surface area contributed by atoms with Gasteiger partial charge in [-0.1, -0.05) is 15.9 Å². The Bertz CT molecular complexity index is 343. The lowest BCUT2D eigenvalue weighted by atomic mass is 10.1. The van der Waals surface area contributed by atoms with Gasteiger partial charge in [-0.25, -0.2) is 8.42 Å². The van der Waals surface area contributed by atoms with E-state index < -0.39 is 15.8 Å². The highest BCUT2D eigenvalue weighted by molar-refractivity contribution is 9.09. The zero-order valence-electron chi connectivity index (χ0n) is 9.11. The Morgan fingerprint density at radius 1 is 1.62 bits per heavy atom. The van der Waals surface area contributed by atoms with Crippen molar-refractivity contribution in [2.24, 2.45) is 5.92 Å². The number of sulfone groups is 1. The number of carbonyl (C=O) groups is 1. The predicted molar refractivity (Wildman–Crippen MR) is 64.4 cm³/mol. The fourth-order valence-electron chi connectivity index (χ4n) is 1.65. The van der Waals surface area contributed by atoms with E-state index in [0.29, 0.717) is 18.4 Å². The van der Waals surface area contributed by atoms with Gasteiger partial charge in [0.05, 0.1) is 30.1 Å². The number of ether oxygens (including phenoxy) is 1. The number of hydrogen-bond donors (Lipinski definition) is 1. The van der Waals surface area contributed by atoms with Crippen molar-refractivity contribution in [3.8, 4) is 0 Å². The number of nitrogens with one attached hydrogen (secondary N) is 1. The van der Waals surface area contributed by atoms with E-state index >= 15 is 0 Å². The van der Waals surface area contributed by atoms with E-state index in [9.17, 15) is 13.2 Å². The van der Waals surface area contributed by atoms with Crippen molar-refractivity contribution in [2.45, 2.75) is 12.5 Å². The average Bonchev–Trinajstić information content (AvgIpc) is 2.58. The first kappa shape index (κ1) is 13.9. The van der Waals surface area contributed by atoms with Gasteiger partial charge in [-0.3, -0.25) is 4.79 Å². The van der Waals surface area contributed by atoms with Gasteiger partial charge in [0.25, 0.3) is 0 Å². The molecule has 2 unspecified atom stereocenters. The third-order valence-electron chi connectivity index (χ3n) is 2.50. The van der Waals surface area contributed by atoms with Crippen LogP contribution in [0.2, 0.25) is 0 Å². The van der Waals surface area contributed by atoms with Crippen LogP contribution in [0.25, 0.3) is 0 Å². The molecule has 0 aromatic carbocycles. The second-order valence-electron chi connectivity index (χ2n) is 3.92. The topological polar surface area (TPSA) is 72.5 Å². The molecule has 1 aliphatic rings. The van der Waals surface area contributed by atoms with Crippen LogP contribution in [0.4, 0.5) is 0 Å². The summed E-state index contributed by atoms with van der Waals surface area (Å²) in [4.78, 5) is 11.7. The minimum atomic E-state index is -3.00. The molecule has 1 N–H and O–H groups in total. The molecule has 0 spiro atoms. The van der Waals surface area contributed by atoms with Crippen LogP contribution >= 0.6 is 15.9 Å². The molecule has 0 bridgehead atoms. The molecule has 7 heteroatoms. The molecule has 0 aromatic rings. The van der Waals surface area contributed by atoms with Crippen LogP contribution in [0.15, 0.2) is 0 Å². The molecule has 1 amide bonds. The Hall–Kier alpha value is -0.140. The summed E-state index contributed by atoms with van der Waals surface area (Å²) in [6.07, 6.45) is 0.427. The molecule has 1 heterocycles.